The summed E-state index contributed by atoms with van der Waals surface area (Å²) in [6.07, 6.45) is -1.58. The number of alkyl halides is 3. The molecule has 1 aliphatic rings. The van der Waals surface area contributed by atoms with Gasteiger partial charge in [0.1, 0.15) is 0 Å². The molecule has 1 saturated heterocycles. The fourth-order valence-electron chi connectivity index (χ4n) is 2.70. The smallest absolute Gasteiger partial charge is 0.316 e. The molecule has 2 rings (SSSR count). The lowest BCUT2D eigenvalue weighted by molar-refractivity contribution is -0.137. The second kappa shape index (κ2) is 9.03. The van der Waals surface area contributed by atoms with Gasteiger partial charge in [0.2, 0.25) is 10.0 Å². The highest BCUT2D eigenvalue weighted by molar-refractivity contribution is 7.88. The normalized spacial score (nSPS) is 18.9. The van der Waals surface area contributed by atoms with Crippen LogP contribution in [0, 0.1) is 5.92 Å². The van der Waals surface area contributed by atoms with Crippen LogP contribution in [-0.4, -0.2) is 28.1 Å². The van der Waals surface area contributed by atoms with E-state index in [9.17, 15) is 21.6 Å². The summed E-state index contributed by atoms with van der Waals surface area (Å²) in [7, 11) is -3.64. The number of halogens is 4. The topological polar surface area (TPSA) is 58.2 Å². The number of benzene rings is 1. The maximum Gasteiger partial charge on any atom is 0.416 e. The Balaban J connectivity index is 0.00000288. The molecule has 4 nitrogen and oxygen atoms in total. The van der Waals surface area contributed by atoms with Gasteiger partial charge in [0.05, 0.1) is 11.3 Å². The molecular formula is C15H22ClF3N2O2S. The van der Waals surface area contributed by atoms with E-state index in [2.05, 4.69) is 10.0 Å². The van der Waals surface area contributed by atoms with Crippen LogP contribution >= 0.6 is 12.4 Å². The number of sulfonamides is 1. The summed E-state index contributed by atoms with van der Waals surface area (Å²) in [5.74, 6) is -0.000155. The van der Waals surface area contributed by atoms with Crippen LogP contribution in [0.4, 0.5) is 13.2 Å². The summed E-state index contributed by atoms with van der Waals surface area (Å²) >= 11 is 0. The number of hydrogen-bond donors (Lipinski definition) is 2. The van der Waals surface area contributed by atoms with Crippen LogP contribution in [0.25, 0.3) is 0 Å². The molecule has 0 spiro atoms. The molecule has 0 aliphatic carbocycles. The molecule has 1 atom stereocenters. The number of rotatable bonds is 6. The highest BCUT2D eigenvalue weighted by Crippen LogP contribution is 2.29. The van der Waals surface area contributed by atoms with Gasteiger partial charge < -0.3 is 5.32 Å². The number of nitrogens with one attached hydrogen (secondary N) is 2. The van der Waals surface area contributed by atoms with E-state index in [1.165, 1.54) is 12.1 Å². The molecule has 2 N–H and O–H groups in total. The lowest BCUT2D eigenvalue weighted by Gasteiger charge is -2.22. The minimum atomic E-state index is -4.47. The largest absolute Gasteiger partial charge is 0.416 e. The van der Waals surface area contributed by atoms with Crippen LogP contribution in [0.3, 0.4) is 0 Å². The Morgan fingerprint density at radius 3 is 2.67 bits per heavy atom. The van der Waals surface area contributed by atoms with Gasteiger partial charge in [-0.2, -0.15) is 13.2 Å². The molecule has 1 aliphatic heterocycles. The third-order valence-corrected chi connectivity index (χ3v) is 5.24. The average Bonchev–Trinajstić information content (AvgIpc) is 2.47. The molecule has 0 saturated carbocycles. The summed E-state index contributed by atoms with van der Waals surface area (Å²) in [4.78, 5) is 0. The lowest BCUT2D eigenvalue weighted by Crippen LogP contribution is -2.33. The van der Waals surface area contributed by atoms with Crippen molar-refractivity contribution in [1.82, 2.24) is 10.0 Å². The fourth-order valence-corrected chi connectivity index (χ4v) is 3.85. The first-order chi connectivity index (χ1) is 10.8. The molecule has 0 amide bonds. The maximum absolute atomic E-state index is 12.6. The van der Waals surface area contributed by atoms with Crippen LogP contribution < -0.4 is 10.0 Å². The quantitative estimate of drug-likeness (QED) is 0.790. The van der Waals surface area contributed by atoms with Crippen LogP contribution in [0.2, 0.25) is 0 Å². The van der Waals surface area contributed by atoms with Gasteiger partial charge in [-0.1, -0.05) is 18.2 Å². The summed E-state index contributed by atoms with van der Waals surface area (Å²) in [5.41, 5.74) is -0.704. The van der Waals surface area contributed by atoms with Crippen molar-refractivity contribution >= 4 is 22.4 Å². The minimum Gasteiger partial charge on any atom is -0.316 e. The molecule has 9 heteroatoms. The monoisotopic (exact) mass is 386 g/mol. The van der Waals surface area contributed by atoms with E-state index in [0.717, 1.165) is 44.5 Å². The van der Waals surface area contributed by atoms with Crippen molar-refractivity contribution < 1.29 is 21.6 Å². The first-order valence-electron chi connectivity index (χ1n) is 7.60. The van der Waals surface area contributed by atoms with Gasteiger partial charge in [0.25, 0.3) is 0 Å². The Labute approximate surface area is 146 Å². The summed E-state index contributed by atoms with van der Waals surface area (Å²) in [5, 5.41) is 3.26. The molecule has 0 bridgehead atoms. The first-order valence-corrected chi connectivity index (χ1v) is 9.26. The first kappa shape index (κ1) is 21.2. The van der Waals surface area contributed by atoms with E-state index in [4.69, 9.17) is 0 Å². The van der Waals surface area contributed by atoms with Crippen LogP contribution in [0.1, 0.15) is 30.4 Å². The zero-order valence-corrected chi connectivity index (χ0v) is 14.7. The summed E-state index contributed by atoms with van der Waals surface area (Å²) < 4.78 is 64.4. The second-order valence-electron chi connectivity index (χ2n) is 5.85. The standard InChI is InChI=1S/C15H21F3N2O2S.ClH/c16-15(17,18)14-5-1-3-13(9-14)11-23(21,22)20-8-6-12-4-2-7-19-10-12;/h1,3,5,9,12,19-20H,2,4,6-8,10-11H2;1H. The van der Waals surface area contributed by atoms with Crippen LogP contribution in [0.5, 0.6) is 0 Å². The summed E-state index contributed by atoms with van der Waals surface area (Å²) in [6.45, 7) is 2.20. The Morgan fingerprint density at radius 2 is 2.04 bits per heavy atom. The molecule has 138 valence electrons. The van der Waals surface area contributed by atoms with Crippen molar-refractivity contribution in [3.8, 4) is 0 Å². The van der Waals surface area contributed by atoms with Crippen LogP contribution in [0.15, 0.2) is 24.3 Å². The van der Waals surface area contributed by atoms with Gasteiger partial charge in [-0.15, -0.1) is 12.4 Å². The maximum atomic E-state index is 12.6. The van der Waals surface area contributed by atoms with Crippen molar-refractivity contribution in [2.45, 2.75) is 31.2 Å². The molecule has 1 aromatic rings. The Morgan fingerprint density at radius 1 is 1.29 bits per heavy atom. The SMILES string of the molecule is Cl.O=S(=O)(Cc1cccc(C(F)(F)F)c1)NCCC1CCCNC1. The van der Waals surface area contributed by atoms with Gasteiger partial charge in [-0.05, 0) is 49.9 Å². The van der Waals surface area contributed by atoms with E-state index in [0.29, 0.717) is 12.5 Å². The van der Waals surface area contributed by atoms with Crippen molar-refractivity contribution in [3.63, 3.8) is 0 Å². The molecule has 1 heterocycles. The van der Waals surface area contributed by atoms with Crippen LogP contribution in [-0.2, 0) is 22.0 Å². The Bertz CT molecular complexity index is 617. The fraction of sp³-hybridized carbons (Fsp3) is 0.600. The molecular weight excluding hydrogens is 365 g/mol. The van der Waals surface area contributed by atoms with E-state index in [1.54, 1.807) is 0 Å². The van der Waals surface area contributed by atoms with Crippen molar-refractivity contribution in [3.05, 3.63) is 35.4 Å². The van der Waals surface area contributed by atoms with E-state index in [-0.39, 0.29) is 18.0 Å². The molecule has 24 heavy (non-hydrogen) atoms. The van der Waals surface area contributed by atoms with Crippen molar-refractivity contribution in [2.24, 2.45) is 5.92 Å². The zero-order chi connectivity index (χ0) is 16.9. The van der Waals surface area contributed by atoms with Gasteiger partial charge in [-0.25, -0.2) is 13.1 Å². The third kappa shape index (κ3) is 6.96. The van der Waals surface area contributed by atoms with Gasteiger partial charge in [-0.3, -0.25) is 0 Å². The Kier molecular flexibility index (Phi) is 7.98. The van der Waals surface area contributed by atoms with Crippen molar-refractivity contribution in [1.29, 1.82) is 0 Å². The highest BCUT2D eigenvalue weighted by Gasteiger charge is 2.30. The number of piperidine rings is 1. The van der Waals surface area contributed by atoms with Gasteiger partial charge in [0.15, 0.2) is 0 Å². The number of hydrogen-bond acceptors (Lipinski definition) is 3. The second-order valence-corrected chi connectivity index (χ2v) is 7.66. The van der Waals surface area contributed by atoms with E-state index >= 15 is 0 Å². The van der Waals surface area contributed by atoms with Crippen molar-refractivity contribution in [2.75, 3.05) is 19.6 Å². The minimum absolute atomic E-state index is 0. The molecule has 1 fully saturated rings. The average molecular weight is 387 g/mol. The van der Waals surface area contributed by atoms with Gasteiger partial charge in [0, 0.05) is 6.54 Å². The summed E-state index contributed by atoms with van der Waals surface area (Å²) in [6, 6.07) is 4.42. The zero-order valence-electron chi connectivity index (χ0n) is 13.1. The highest BCUT2D eigenvalue weighted by atomic mass is 35.5. The Hall–Kier alpha value is -0.830. The predicted molar refractivity (Wildman–Crippen MR) is 89.5 cm³/mol. The molecule has 0 radical (unpaired) electrons. The predicted octanol–water partition coefficient (Wildman–Crippen LogP) is 2.94. The molecule has 1 aromatic carbocycles. The lowest BCUT2D eigenvalue weighted by atomic mass is 9.96. The molecule has 0 aromatic heterocycles. The third-order valence-electron chi connectivity index (χ3n) is 3.88. The molecule has 1 unspecified atom stereocenters. The van der Waals surface area contributed by atoms with E-state index in [1.807, 2.05) is 0 Å². The van der Waals surface area contributed by atoms with E-state index < -0.39 is 27.5 Å². The van der Waals surface area contributed by atoms with Gasteiger partial charge >= 0.3 is 6.18 Å².